The molecule has 1 saturated heterocycles. The number of hydrogen-bond donors (Lipinski definition) is 0. The van der Waals surface area contributed by atoms with E-state index in [1.807, 2.05) is 30.0 Å². The van der Waals surface area contributed by atoms with Crippen molar-refractivity contribution in [3.63, 3.8) is 0 Å². The van der Waals surface area contributed by atoms with Crippen molar-refractivity contribution in [2.75, 3.05) is 19.7 Å². The number of Topliss-reactive ketones (excluding diaryl/α,β-unsaturated/α-hetero) is 1. The molecule has 0 bridgehead atoms. The smallest absolute Gasteiger partial charge is 0.222 e. The number of ether oxygens (including phenoxy) is 2. The van der Waals surface area contributed by atoms with Gasteiger partial charge in [-0.2, -0.15) is 0 Å². The Kier molecular flexibility index (Phi) is 6.95. The van der Waals surface area contributed by atoms with E-state index in [2.05, 4.69) is 32.9 Å². The minimum absolute atomic E-state index is 0.0688. The molecule has 1 fully saturated rings. The van der Waals surface area contributed by atoms with Crippen molar-refractivity contribution in [1.29, 1.82) is 0 Å². The lowest BCUT2D eigenvalue weighted by Crippen LogP contribution is -2.52. The molecule has 0 aliphatic carbocycles. The van der Waals surface area contributed by atoms with Gasteiger partial charge in [-0.1, -0.05) is 44.5 Å². The van der Waals surface area contributed by atoms with Gasteiger partial charge in [-0.3, -0.25) is 9.59 Å². The summed E-state index contributed by atoms with van der Waals surface area (Å²) in [6, 6.07) is 11.7. The molecular formula is C28H34ClNO4. The lowest BCUT2D eigenvalue weighted by Gasteiger charge is -2.44. The largest absolute Gasteiger partial charge is 0.494 e. The molecule has 2 heterocycles. The van der Waals surface area contributed by atoms with Crippen LogP contribution >= 0.6 is 11.6 Å². The SMILES string of the molecule is Cc1cc(Cl)cc2c1OC1(CCN(C(=O)CCCOc3ccc(C(C)(C)C)cc3)CC1)CC2=O. The van der Waals surface area contributed by atoms with Gasteiger partial charge in [-0.15, -0.1) is 0 Å². The van der Waals surface area contributed by atoms with E-state index in [1.54, 1.807) is 6.07 Å². The highest BCUT2D eigenvalue weighted by Gasteiger charge is 2.44. The summed E-state index contributed by atoms with van der Waals surface area (Å²) in [5.41, 5.74) is 2.30. The Hall–Kier alpha value is -2.53. The maximum absolute atomic E-state index is 12.8. The molecule has 0 N–H and O–H groups in total. The first-order valence-corrected chi connectivity index (χ1v) is 12.5. The average Bonchev–Trinajstić information content (AvgIpc) is 2.78. The van der Waals surface area contributed by atoms with E-state index < -0.39 is 5.60 Å². The fourth-order valence-corrected chi connectivity index (χ4v) is 5.05. The third-order valence-electron chi connectivity index (χ3n) is 6.89. The van der Waals surface area contributed by atoms with E-state index >= 15 is 0 Å². The predicted octanol–water partition coefficient (Wildman–Crippen LogP) is 6.13. The zero-order valence-electron chi connectivity index (χ0n) is 20.6. The highest BCUT2D eigenvalue weighted by molar-refractivity contribution is 6.31. The summed E-state index contributed by atoms with van der Waals surface area (Å²) in [4.78, 5) is 27.4. The van der Waals surface area contributed by atoms with E-state index in [0.29, 0.717) is 68.1 Å². The lowest BCUT2D eigenvalue weighted by molar-refractivity contribution is -0.135. The topological polar surface area (TPSA) is 55.8 Å². The number of carbonyl (C=O) groups excluding carboxylic acids is 2. The highest BCUT2D eigenvalue weighted by atomic mass is 35.5. The van der Waals surface area contributed by atoms with Crippen molar-refractivity contribution < 1.29 is 19.1 Å². The van der Waals surface area contributed by atoms with Crippen molar-refractivity contribution in [2.24, 2.45) is 0 Å². The standard InChI is InChI=1S/C28H34ClNO4/c1-19-16-21(29)17-23-24(31)18-28(34-26(19)23)11-13-30(14-12-28)25(32)6-5-15-33-22-9-7-20(8-10-22)27(2,3)4/h7-10,16-17H,5-6,11-15,18H2,1-4H3. The van der Waals surface area contributed by atoms with Gasteiger partial charge in [0, 0.05) is 37.4 Å². The normalized spacial score (nSPS) is 17.3. The van der Waals surface area contributed by atoms with E-state index in [1.165, 1.54) is 5.56 Å². The number of amides is 1. The van der Waals surface area contributed by atoms with Crippen LogP contribution in [0.15, 0.2) is 36.4 Å². The Morgan fingerprint density at radius 2 is 1.82 bits per heavy atom. The number of ketones is 1. The number of piperidine rings is 1. The van der Waals surface area contributed by atoms with Gasteiger partial charge in [0.15, 0.2) is 5.78 Å². The molecule has 2 aliphatic rings. The molecule has 34 heavy (non-hydrogen) atoms. The monoisotopic (exact) mass is 483 g/mol. The van der Waals surface area contributed by atoms with Gasteiger partial charge in [-0.25, -0.2) is 0 Å². The van der Waals surface area contributed by atoms with Crippen LogP contribution in [-0.2, 0) is 10.2 Å². The summed E-state index contributed by atoms with van der Waals surface area (Å²) in [5.74, 6) is 1.68. The van der Waals surface area contributed by atoms with Crippen molar-refractivity contribution >= 4 is 23.3 Å². The molecule has 2 aromatic carbocycles. The van der Waals surface area contributed by atoms with E-state index in [4.69, 9.17) is 21.1 Å². The minimum atomic E-state index is -0.526. The Morgan fingerprint density at radius 3 is 2.47 bits per heavy atom. The Balaban J connectivity index is 1.24. The van der Waals surface area contributed by atoms with Crippen LogP contribution in [0.3, 0.4) is 0 Å². The second-order valence-electron chi connectivity index (χ2n) is 10.6. The van der Waals surface area contributed by atoms with Crippen LogP contribution < -0.4 is 9.47 Å². The van der Waals surface area contributed by atoms with Crippen molar-refractivity contribution in [1.82, 2.24) is 4.90 Å². The predicted molar refractivity (Wildman–Crippen MR) is 134 cm³/mol. The van der Waals surface area contributed by atoms with Gasteiger partial charge in [-0.05, 0) is 54.2 Å². The summed E-state index contributed by atoms with van der Waals surface area (Å²) in [5, 5.41) is 0.551. The Labute approximate surface area is 207 Å². The molecule has 2 aliphatic heterocycles. The van der Waals surface area contributed by atoms with Gasteiger partial charge in [0.2, 0.25) is 5.91 Å². The molecule has 4 rings (SSSR count). The van der Waals surface area contributed by atoms with Gasteiger partial charge in [0.25, 0.3) is 0 Å². The average molecular weight is 484 g/mol. The van der Waals surface area contributed by atoms with Gasteiger partial charge in [0.1, 0.15) is 17.1 Å². The van der Waals surface area contributed by atoms with E-state index in [9.17, 15) is 9.59 Å². The number of carbonyl (C=O) groups is 2. The Morgan fingerprint density at radius 1 is 1.15 bits per heavy atom. The zero-order chi connectivity index (χ0) is 24.5. The molecule has 1 amide bonds. The molecule has 0 aromatic heterocycles. The lowest BCUT2D eigenvalue weighted by atomic mass is 9.82. The summed E-state index contributed by atoms with van der Waals surface area (Å²) >= 11 is 6.13. The van der Waals surface area contributed by atoms with Crippen LogP contribution in [0.1, 0.15) is 74.4 Å². The number of fused-ring (bicyclic) bond motifs is 1. The van der Waals surface area contributed by atoms with Crippen LogP contribution in [-0.4, -0.2) is 41.9 Å². The third-order valence-corrected chi connectivity index (χ3v) is 7.11. The molecule has 0 atom stereocenters. The first-order chi connectivity index (χ1) is 16.1. The van der Waals surface area contributed by atoms with Crippen LogP contribution in [0.5, 0.6) is 11.5 Å². The highest BCUT2D eigenvalue weighted by Crippen LogP contribution is 2.42. The Bertz CT molecular complexity index is 1060. The van der Waals surface area contributed by atoms with Gasteiger partial charge in [0.05, 0.1) is 18.6 Å². The molecule has 6 heteroatoms. The van der Waals surface area contributed by atoms with Crippen LogP contribution in [0.25, 0.3) is 0 Å². The van der Waals surface area contributed by atoms with Crippen molar-refractivity contribution in [2.45, 2.75) is 70.8 Å². The number of benzene rings is 2. The summed E-state index contributed by atoms with van der Waals surface area (Å²) < 4.78 is 12.2. The van der Waals surface area contributed by atoms with E-state index in [0.717, 1.165) is 11.3 Å². The fraction of sp³-hybridized carbons (Fsp3) is 0.500. The molecule has 0 saturated carbocycles. The molecule has 2 aromatic rings. The summed E-state index contributed by atoms with van der Waals surface area (Å²) in [7, 11) is 0. The van der Waals surface area contributed by atoms with Crippen LogP contribution in [0, 0.1) is 6.92 Å². The number of aryl methyl sites for hydroxylation is 1. The number of rotatable bonds is 5. The van der Waals surface area contributed by atoms with Gasteiger partial charge >= 0.3 is 0 Å². The van der Waals surface area contributed by atoms with Crippen molar-refractivity contribution in [3.05, 3.63) is 58.1 Å². The molecule has 5 nitrogen and oxygen atoms in total. The second-order valence-corrected chi connectivity index (χ2v) is 11.0. The van der Waals surface area contributed by atoms with Crippen molar-refractivity contribution in [3.8, 4) is 11.5 Å². The minimum Gasteiger partial charge on any atom is -0.494 e. The van der Waals surface area contributed by atoms with Crippen LogP contribution in [0.2, 0.25) is 5.02 Å². The molecular weight excluding hydrogens is 450 g/mol. The number of hydrogen-bond acceptors (Lipinski definition) is 4. The first kappa shape index (κ1) is 24.6. The second kappa shape index (κ2) is 9.61. The van der Waals surface area contributed by atoms with E-state index in [-0.39, 0.29) is 17.1 Å². The maximum atomic E-state index is 12.8. The third kappa shape index (κ3) is 5.41. The summed E-state index contributed by atoms with van der Waals surface area (Å²) in [6.45, 7) is 10.2. The molecule has 0 radical (unpaired) electrons. The maximum Gasteiger partial charge on any atom is 0.222 e. The van der Waals surface area contributed by atoms with Gasteiger partial charge < -0.3 is 14.4 Å². The zero-order valence-corrected chi connectivity index (χ0v) is 21.3. The first-order valence-electron chi connectivity index (χ1n) is 12.1. The fourth-order valence-electron chi connectivity index (χ4n) is 4.78. The molecule has 0 unspecified atom stereocenters. The summed E-state index contributed by atoms with van der Waals surface area (Å²) in [6.07, 6.45) is 2.77. The molecule has 182 valence electrons. The number of nitrogens with zero attached hydrogens (tertiary/aromatic N) is 1. The molecule has 1 spiro atoms. The van der Waals surface area contributed by atoms with Crippen LogP contribution in [0.4, 0.5) is 0 Å². The number of likely N-dealkylation sites (tertiary alicyclic amines) is 1. The quantitative estimate of drug-likeness (QED) is 0.480. The number of halogens is 1.